The number of esters is 1. The average molecular weight is 2070 g/mol. The molecule has 0 saturated carbocycles. The Labute approximate surface area is 792 Å². The van der Waals surface area contributed by atoms with E-state index < -0.39 is 69.8 Å². The van der Waals surface area contributed by atoms with Gasteiger partial charge in [0.1, 0.15) is 0 Å². The maximum absolute atomic E-state index is 11.8. The summed E-state index contributed by atoms with van der Waals surface area (Å²) in [5.74, 6) is -0.0493. The molecule has 12 aromatic rings. The zero-order valence-corrected chi connectivity index (χ0v) is 88.4. The van der Waals surface area contributed by atoms with Crippen LogP contribution in [0.15, 0.2) is 374 Å². The molecule has 1 fully saturated rings. The van der Waals surface area contributed by atoms with Crippen molar-refractivity contribution < 1.29 is 44.2 Å². The molecule has 0 radical (unpaired) electrons. The van der Waals surface area contributed by atoms with Gasteiger partial charge in [-0.15, -0.1) is 0 Å². The molecule has 3 unspecified atom stereocenters. The Morgan fingerprint density at radius 1 is 0.389 bits per heavy atom. The third-order valence-corrected chi connectivity index (χ3v) is 57.1. The van der Waals surface area contributed by atoms with E-state index in [2.05, 4.69) is 428 Å². The Balaban J connectivity index is 0.000000213. The first-order valence-corrected chi connectivity index (χ1v) is 66.6. The Morgan fingerprint density at radius 3 is 0.857 bits per heavy atom. The molecule has 0 bridgehead atoms. The number of nitrogens with zero attached hydrogens (tertiary/aromatic N) is 1. The van der Waals surface area contributed by atoms with Crippen LogP contribution in [0.2, 0.25) is 26.6 Å². The third kappa shape index (κ3) is 39.8. The normalized spacial score (nSPS) is 13.3. The minimum absolute atomic E-state index is 0. The number of piperidine rings is 1. The molecule has 12 aromatic carbocycles. The van der Waals surface area contributed by atoms with E-state index in [1.165, 1.54) is 161 Å². The van der Waals surface area contributed by atoms with E-state index in [0.29, 0.717) is 13.2 Å². The molecule has 0 aliphatic carbocycles. The number of methoxy groups -OCH3 is 1. The van der Waals surface area contributed by atoms with Crippen LogP contribution in [0.4, 0.5) is 0 Å². The number of likely N-dealkylation sites (tertiary alicyclic amines) is 1. The minimum atomic E-state index is -2.28. The van der Waals surface area contributed by atoms with E-state index in [1.54, 1.807) is 20.4 Å². The van der Waals surface area contributed by atoms with Crippen molar-refractivity contribution in [1.29, 1.82) is 0 Å². The Kier molecular flexibility index (Phi) is 56.0. The van der Waals surface area contributed by atoms with Crippen LogP contribution in [0.5, 0.6) is 0 Å². The number of ether oxygens (including phenoxy) is 4. The topological polar surface area (TPSA) is 57.2 Å². The second kappa shape index (κ2) is 66.1. The van der Waals surface area contributed by atoms with E-state index in [4.69, 9.17) is 18.9 Å². The minimum Gasteiger partial charge on any atom is -0.0622 e. The van der Waals surface area contributed by atoms with Gasteiger partial charge in [-0.1, -0.05) is 364 Å². The predicted molar refractivity (Wildman–Crippen MR) is 559 cm³/mol. The van der Waals surface area contributed by atoms with Crippen LogP contribution >= 0.6 is 31.7 Å². The van der Waals surface area contributed by atoms with Gasteiger partial charge in [0.25, 0.3) is 0 Å². The van der Waals surface area contributed by atoms with Crippen molar-refractivity contribution in [3.05, 3.63) is 374 Å². The molecule has 0 amide bonds. The summed E-state index contributed by atoms with van der Waals surface area (Å²) < 4.78 is 35.1. The quantitative estimate of drug-likeness (QED) is 0.0125. The van der Waals surface area contributed by atoms with Gasteiger partial charge in [-0.3, -0.25) is 0 Å². The summed E-state index contributed by atoms with van der Waals surface area (Å²) in [7, 11) is 2.03. The van der Waals surface area contributed by atoms with Gasteiger partial charge in [0.05, 0.1) is 0 Å². The third-order valence-electron chi connectivity index (χ3n) is 22.6. The second-order valence-electron chi connectivity index (χ2n) is 32.4. The maximum Gasteiger partial charge on any atom is 0 e. The molecule has 0 aromatic heterocycles. The maximum atomic E-state index is 11.8. The van der Waals surface area contributed by atoms with Crippen molar-refractivity contribution in [2.45, 2.75) is 184 Å². The van der Waals surface area contributed by atoms with E-state index >= 15 is 0 Å². The molecule has 1 aliphatic rings. The molecule has 670 valence electrons. The fourth-order valence-electron chi connectivity index (χ4n) is 16.0. The standard InChI is InChI=1S/4C18H15P.C17H30NO5.6C4H9.Pd.2Sn.H/c4*1-4-10-16(11-5-1)19(17-12-6-2-7-13-17)18-14-8-3-9-15-18;1-5-6-7-16(22-13-21-11-10-20-4)15-12-18(3)9-8-17(15)23-14(2)19;6*1-3-4-2;;;;/h4*1-15H;1,5,15-17H,6-13H2,2-4H3;6*1,3-4H2,2H3;;;;. The van der Waals surface area contributed by atoms with Crippen LogP contribution in [0, 0.1) is 5.92 Å². The van der Waals surface area contributed by atoms with Gasteiger partial charge in [-0.2, -0.15) is 0 Å². The van der Waals surface area contributed by atoms with Gasteiger partial charge >= 0.3 is 320 Å². The molecule has 1 saturated heterocycles. The molecule has 3 atom stereocenters. The van der Waals surface area contributed by atoms with Gasteiger partial charge in [0.15, 0.2) is 0 Å². The fourth-order valence-corrected chi connectivity index (χ4v) is 50.7. The number of hydrogen-bond donors (Lipinski definition) is 0. The molecule has 1 heterocycles. The first kappa shape index (κ1) is 107. The van der Waals surface area contributed by atoms with E-state index in [0.717, 1.165) is 32.4 Å². The summed E-state index contributed by atoms with van der Waals surface area (Å²) in [4.78, 5) is 14.1. The summed E-state index contributed by atoms with van der Waals surface area (Å²) in [6, 6.07) is 129. The second-order valence-corrected chi connectivity index (χ2v) is 64.2. The predicted octanol–water partition coefficient (Wildman–Crippen LogP) is 25.0. The van der Waals surface area contributed by atoms with E-state index in [1.807, 2.05) is 0 Å². The first-order chi connectivity index (χ1) is 61.6. The van der Waals surface area contributed by atoms with Gasteiger partial charge in [-0.25, -0.2) is 0 Å². The number of unbranched alkanes of at least 4 members (excludes halogenated alkanes) is 6. The Hall–Kier alpha value is -6.33. The average Bonchev–Trinajstić information content (AvgIpc) is 0.823. The molecule has 13 heteroatoms. The Morgan fingerprint density at radius 2 is 0.635 bits per heavy atom. The van der Waals surface area contributed by atoms with E-state index in [9.17, 15) is 4.79 Å². The molecule has 6 nitrogen and oxygen atoms in total. The monoisotopic (exact) mass is 2070 g/mol. The largest absolute Gasteiger partial charge is 0.0622 e. The van der Waals surface area contributed by atoms with Gasteiger partial charge in [0, 0.05) is 20.4 Å². The molecule has 0 N–H and O–H groups in total. The molecular weight excluding hydrogens is 1920 g/mol. The zero-order chi connectivity index (χ0) is 88.3. The van der Waals surface area contributed by atoms with Crippen molar-refractivity contribution in [1.82, 2.24) is 4.90 Å². The van der Waals surface area contributed by atoms with Crippen molar-refractivity contribution in [2.24, 2.45) is 5.92 Å². The van der Waals surface area contributed by atoms with E-state index in [-0.39, 0.29) is 51.3 Å². The Bertz CT molecular complexity index is 3760. The molecule has 0 spiro atoms. The van der Waals surface area contributed by atoms with Crippen LogP contribution in [0.1, 0.15) is 145 Å². The van der Waals surface area contributed by atoms with Crippen molar-refractivity contribution >= 4 is 139 Å². The number of hydrogen-bond acceptors (Lipinski definition) is 6. The SMILES string of the molecule is CCC[CH2][SnH]([CH2]CCC)[CH2]CCC.CCC[CH2][Sn]([CH]=CCCC(OCOCCOC)C1CN(C)CCC1OC(C)=O)([CH2]CCC)[CH2]CCC.[Pd].c1ccc(P(c2ccccc2)c2ccccc2)cc1.c1ccc(P(c2ccccc2)c2ccccc2)cc1.c1ccc(P(c2ccccc2)c2ccccc2)cc1.c1ccc(P(c2ccccc2)c2ccccc2)cc1. The number of benzene rings is 12. The van der Waals surface area contributed by atoms with Gasteiger partial charge in [0.2, 0.25) is 0 Å². The summed E-state index contributed by atoms with van der Waals surface area (Å²) >= 11 is -3.24. The summed E-state index contributed by atoms with van der Waals surface area (Å²) in [6.45, 7) is 18.6. The van der Waals surface area contributed by atoms with Crippen molar-refractivity contribution in [2.75, 3.05) is 47.3 Å². The first-order valence-electron chi connectivity index (χ1n) is 46.6. The zero-order valence-electron chi connectivity index (χ0n) is 77.1. The number of carbonyl (C=O) groups excluding carboxylic acids is 1. The molecule has 13 rings (SSSR count). The van der Waals surface area contributed by atoms with Crippen LogP contribution in [-0.4, -0.2) is 108 Å². The number of rotatable bonds is 42. The smallest absolute Gasteiger partial charge is 0 e. The van der Waals surface area contributed by atoms with Crippen molar-refractivity contribution in [3.63, 3.8) is 0 Å². The van der Waals surface area contributed by atoms with Crippen LogP contribution in [0.25, 0.3) is 0 Å². The molecule has 126 heavy (non-hydrogen) atoms. The van der Waals surface area contributed by atoms with Crippen LogP contribution in [0.3, 0.4) is 0 Å². The molecule has 1 aliphatic heterocycles. The van der Waals surface area contributed by atoms with Crippen molar-refractivity contribution in [3.8, 4) is 0 Å². The summed E-state index contributed by atoms with van der Waals surface area (Å²) in [5, 5.41) is 16.8. The summed E-state index contributed by atoms with van der Waals surface area (Å²) in [6.07, 6.45) is 22.1. The van der Waals surface area contributed by atoms with Crippen LogP contribution in [-0.2, 0) is 44.2 Å². The molecular formula is C113H145NO5P4PdSn2. The summed E-state index contributed by atoms with van der Waals surface area (Å²) in [5.41, 5.74) is 0. The van der Waals surface area contributed by atoms with Crippen LogP contribution < -0.4 is 63.7 Å². The van der Waals surface area contributed by atoms with Gasteiger partial charge < -0.3 is 0 Å². The fraction of sp³-hybridized carbons (Fsp3) is 0.336. The number of allylic oxidation sites excluding steroid dienone is 1. The number of carbonyl (C=O) groups is 1. The van der Waals surface area contributed by atoms with Gasteiger partial charge in [-0.05, 0) is 95.3 Å².